The van der Waals surface area contributed by atoms with E-state index < -0.39 is 0 Å². The van der Waals surface area contributed by atoms with Crippen molar-refractivity contribution in [1.82, 2.24) is 0 Å². The third kappa shape index (κ3) is 19.3. The molecule has 0 aromatic carbocycles. The van der Waals surface area contributed by atoms with Gasteiger partial charge in [-0.15, -0.1) is 0 Å². The van der Waals surface area contributed by atoms with Crippen LogP contribution < -0.4 is 0 Å². The van der Waals surface area contributed by atoms with Gasteiger partial charge in [-0.2, -0.15) is 0 Å². The van der Waals surface area contributed by atoms with E-state index in [2.05, 4.69) is 26.0 Å². The van der Waals surface area contributed by atoms with E-state index in [4.69, 9.17) is 4.74 Å². The standard InChI is InChI=1S/C22H42O3/c1-3-5-7-14-17-21(23)18-15-12-10-8-9-11-13-16-19-22(24)25-20-6-4-2/h12,15,21,23H,3-11,13-14,16-20H2,1-2H3/b15-12+/t21-/m0/s1. The molecule has 0 amide bonds. The summed E-state index contributed by atoms with van der Waals surface area (Å²) in [5.41, 5.74) is 0. The van der Waals surface area contributed by atoms with Gasteiger partial charge in [0, 0.05) is 6.42 Å². The minimum atomic E-state index is -0.162. The normalized spacial score (nSPS) is 12.6. The maximum Gasteiger partial charge on any atom is 0.305 e. The Morgan fingerprint density at radius 1 is 0.880 bits per heavy atom. The maximum atomic E-state index is 11.4. The molecule has 3 heteroatoms. The number of unbranched alkanes of at least 4 members (excludes halogenated alkanes) is 9. The summed E-state index contributed by atoms with van der Waals surface area (Å²) in [6.45, 7) is 4.89. The fourth-order valence-electron chi connectivity index (χ4n) is 2.76. The molecular weight excluding hydrogens is 312 g/mol. The number of aliphatic hydroxyl groups is 1. The summed E-state index contributed by atoms with van der Waals surface area (Å²) < 4.78 is 5.14. The van der Waals surface area contributed by atoms with Gasteiger partial charge in [0.25, 0.3) is 0 Å². The first-order valence-electron chi connectivity index (χ1n) is 10.7. The van der Waals surface area contributed by atoms with E-state index in [0.717, 1.165) is 51.4 Å². The van der Waals surface area contributed by atoms with Crippen LogP contribution >= 0.6 is 0 Å². The molecule has 0 radical (unpaired) electrons. The van der Waals surface area contributed by atoms with Crippen molar-refractivity contribution in [1.29, 1.82) is 0 Å². The van der Waals surface area contributed by atoms with Crippen molar-refractivity contribution in [3.05, 3.63) is 12.2 Å². The lowest BCUT2D eigenvalue weighted by Gasteiger charge is -2.07. The third-order valence-corrected chi connectivity index (χ3v) is 4.48. The molecule has 25 heavy (non-hydrogen) atoms. The summed E-state index contributed by atoms with van der Waals surface area (Å²) in [4.78, 5) is 11.4. The molecule has 3 nitrogen and oxygen atoms in total. The number of hydrogen-bond acceptors (Lipinski definition) is 3. The first-order valence-corrected chi connectivity index (χ1v) is 10.7. The van der Waals surface area contributed by atoms with Crippen LogP contribution in [0.3, 0.4) is 0 Å². The monoisotopic (exact) mass is 354 g/mol. The van der Waals surface area contributed by atoms with E-state index in [1.165, 1.54) is 38.5 Å². The van der Waals surface area contributed by atoms with Crippen molar-refractivity contribution in [3.63, 3.8) is 0 Å². The highest BCUT2D eigenvalue weighted by atomic mass is 16.5. The molecule has 0 aliphatic heterocycles. The van der Waals surface area contributed by atoms with Crippen molar-refractivity contribution in [3.8, 4) is 0 Å². The Kier molecular flexibility index (Phi) is 18.8. The summed E-state index contributed by atoms with van der Waals surface area (Å²) in [5, 5.41) is 9.87. The zero-order valence-corrected chi connectivity index (χ0v) is 16.8. The summed E-state index contributed by atoms with van der Waals surface area (Å²) >= 11 is 0. The molecule has 0 unspecified atom stereocenters. The topological polar surface area (TPSA) is 46.5 Å². The predicted molar refractivity (Wildman–Crippen MR) is 107 cm³/mol. The second-order valence-corrected chi connectivity index (χ2v) is 7.09. The van der Waals surface area contributed by atoms with Gasteiger partial charge in [-0.1, -0.05) is 77.4 Å². The molecule has 0 spiro atoms. The second-order valence-electron chi connectivity index (χ2n) is 7.09. The minimum absolute atomic E-state index is 0.0374. The Morgan fingerprint density at radius 2 is 1.56 bits per heavy atom. The molecule has 0 bridgehead atoms. The Bertz CT molecular complexity index is 312. The zero-order valence-electron chi connectivity index (χ0n) is 16.8. The maximum absolute atomic E-state index is 11.4. The van der Waals surface area contributed by atoms with Gasteiger partial charge in [0.15, 0.2) is 0 Å². The Balaban J connectivity index is 3.30. The van der Waals surface area contributed by atoms with Crippen LogP contribution in [-0.2, 0) is 9.53 Å². The van der Waals surface area contributed by atoms with Crippen molar-refractivity contribution in [2.45, 2.75) is 116 Å². The average molecular weight is 355 g/mol. The molecule has 0 aromatic rings. The number of carbonyl (C=O) groups is 1. The van der Waals surface area contributed by atoms with E-state index in [0.29, 0.717) is 13.0 Å². The van der Waals surface area contributed by atoms with Gasteiger partial charge in [-0.25, -0.2) is 0 Å². The van der Waals surface area contributed by atoms with Crippen LogP contribution in [0, 0.1) is 0 Å². The molecule has 1 atom stereocenters. The number of allylic oxidation sites excluding steroid dienone is 1. The molecule has 0 saturated carbocycles. The average Bonchev–Trinajstić information content (AvgIpc) is 2.60. The second kappa shape index (κ2) is 19.5. The first kappa shape index (κ1) is 24.2. The Hall–Kier alpha value is -0.830. The molecule has 0 rings (SSSR count). The first-order chi connectivity index (χ1) is 12.2. The van der Waals surface area contributed by atoms with Gasteiger partial charge < -0.3 is 9.84 Å². The van der Waals surface area contributed by atoms with Crippen molar-refractivity contribution >= 4 is 5.97 Å². The lowest BCUT2D eigenvalue weighted by molar-refractivity contribution is -0.143. The number of aliphatic hydroxyl groups excluding tert-OH is 1. The third-order valence-electron chi connectivity index (χ3n) is 4.48. The lowest BCUT2D eigenvalue weighted by Crippen LogP contribution is -2.05. The van der Waals surface area contributed by atoms with E-state index in [1.54, 1.807) is 0 Å². The molecule has 1 N–H and O–H groups in total. The van der Waals surface area contributed by atoms with E-state index in [1.807, 2.05) is 0 Å². The summed E-state index contributed by atoms with van der Waals surface area (Å²) in [7, 11) is 0. The number of ether oxygens (including phenoxy) is 1. The van der Waals surface area contributed by atoms with Gasteiger partial charge in [0.2, 0.25) is 0 Å². The molecular formula is C22H42O3. The quantitative estimate of drug-likeness (QED) is 0.177. The van der Waals surface area contributed by atoms with Crippen molar-refractivity contribution in [2.75, 3.05) is 6.61 Å². The summed E-state index contributed by atoms with van der Waals surface area (Å²) in [6, 6.07) is 0. The lowest BCUT2D eigenvalue weighted by atomic mass is 10.1. The molecule has 148 valence electrons. The van der Waals surface area contributed by atoms with Gasteiger partial charge >= 0.3 is 5.97 Å². The van der Waals surface area contributed by atoms with E-state index in [-0.39, 0.29) is 12.1 Å². The fourth-order valence-corrected chi connectivity index (χ4v) is 2.76. The fraction of sp³-hybridized carbons (Fsp3) is 0.864. The predicted octanol–water partition coefficient (Wildman–Crippen LogP) is 6.34. The van der Waals surface area contributed by atoms with Gasteiger partial charge in [0.1, 0.15) is 0 Å². The van der Waals surface area contributed by atoms with Gasteiger partial charge in [0.05, 0.1) is 12.7 Å². The number of rotatable bonds is 18. The summed E-state index contributed by atoms with van der Waals surface area (Å²) in [5.74, 6) is -0.0374. The Labute approximate surface area is 156 Å². The SMILES string of the molecule is CCCCCC[C@H](O)C/C=C/CCCCCCCC(=O)OCCCC. The van der Waals surface area contributed by atoms with Crippen molar-refractivity contribution in [2.24, 2.45) is 0 Å². The number of carbonyl (C=O) groups excluding carboxylic acids is 1. The van der Waals surface area contributed by atoms with E-state index in [9.17, 15) is 9.90 Å². The van der Waals surface area contributed by atoms with Crippen LogP contribution in [0.4, 0.5) is 0 Å². The number of hydrogen-bond donors (Lipinski definition) is 1. The highest BCUT2D eigenvalue weighted by Gasteiger charge is 2.02. The number of esters is 1. The highest BCUT2D eigenvalue weighted by molar-refractivity contribution is 5.69. The van der Waals surface area contributed by atoms with Crippen LogP contribution in [0.1, 0.15) is 110 Å². The van der Waals surface area contributed by atoms with Crippen LogP contribution in [-0.4, -0.2) is 23.8 Å². The Morgan fingerprint density at radius 3 is 2.32 bits per heavy atom. The molecule has 0 aromatic heterocycles. The highest BCUT2D eigenvalue weighted by Crippen LogP contribution is 2.10. The van der Waals surface area contributed by atoms with Crippen LogP contribution in [0.15, 0.2) is 12.2 Å². The van der Waals surface area contributed by atoms with Crippen LogP contribution in [0.2, 0.25) is 0 Å². The summed E-state index contributed by atoms with van der Waals surface area (Å²) in [6.07, 6.45) is 20.2. The molecule has 0 fully saturated rings. The van der Waals surface area contributed by atoms with Crippen LogP contribution in [0.25, 0.3) is 0 Å². The smallest absolute Gasteiger partial charge is 0.305 e. The zero-order chi connectivity index (χ0) is 18.6. The molecule has 0 aliphatic rings. The van der Waals surface area contributed by atoms with Gasteiger partial charge in [-0.3, -0.25) is 4.79 Å². The molecule has 0 saturated heterocycles. The molecule has 0 heterocycles. The largest absolute Gasteiger partial charge is 0.466 e. The minimum Gasteiger partial charge on any atom is -0.466 e. The van der Waals surface area contributed by atoms with Gasteiger partial charge in [-0.05, 0) is 38.5 Å². The molecule has 0 aliphatic carbocycles. The van der Waals surface area contributed by atoms with Crippen LogP contribution in [0.5, 0.6) is 0 Å². The van der Waals surface area contributed by atoms with Crippen molar-refractivity contribution < 1.29 is 14.6 Å². The van der Waals surface area contributed by atoms with E-state index >= 15 is 0 Å².